The lowest BCUT2D eigenvalue weighted by Crippen LogP contribution is -2.26. The van der Waals surface area contributed by atoms with Crippen LogP contribution >= 0.6 is 0 Å². The number of aliphatic hydroxyl groups excluding tert-OH is 1. The van der Waals surface area contributed by atoms with Crippen molar-refractivity contribution in [1.82, 2.24) is 0 Å². The average molecular weight is 634 g/mol. The van der Waals surface area contributed by atoms with E-state index in [-0.39, 0.29) is 23.4 Å². The van der Waals surface area contributed by atoms with E-state index in [2.05, 4.69) is 40.7 Å². The number of hydrogen-bond acceptors (Lipinski definition) is 5. The van der Waals surface area contributed by atoms with Gasteiger partial charge in [-0.2, -0.15) is 0 Å². The van der Waals surface area contributed by atoms with Crippen molar-refractivity contribution in [2.45, 2.75) is 201 Å². The number of unbranched alkanes of at least 4 members (excludes halogenated alkanes) is 9. The summed E-state index contributed by atoms with van der Waals surface area (Å²) in [7, 11) is 0. The van der Waals surface area contributed by atoms with E-state index in [0.717, 1.165) is 89.0 Å². The molecule has 3 fully saturated rings. The minimum absolute atomic E-state index is 0. The van der Waals surface area contributed by atoms with Crippen LogP contribution in [0.2, 0.25) is 0 Å². The molecule has 0 amide bonds. The van der Waals surface area contributed by atoms with Gasteiger partial charge in [0.05, 0.1) is 6.10 Å². The molecular formula is C40H73O5-. The lowest BCUT2D eigenvalue weighted by molar-refractivity contribution is -0.127. The molecule has 264 valence electrons. The molecule has 2 N–H and O–H groups in total. The molecule has 5 unspecified atom stereocenters. The van der Waals surface area contributed by atoms with Crippen LogP contribution in [0.25, 0.3) is 0 Å². The first-order chi connectivity index (χ1) is 21.3. The smallest absolute Gasteiger partial charge is 0.161 e. The SMILES string of the molecule is CCCCC=C1CCC(CCCCC)C1=O.CCCCCC1CCC(C(O)CCCC)C1=O.CCCCCC1CCCC1=O.[OH-]. The maximum atomic E-state index is 12.1. The molecule has 0 aromatic heterocycles. The predicted octanol–water partition coefficient (Wildman–Crippen LogP) is 11.1. The first-order valence-electron chi connectivity index (χ1n) is 19.3. The van der Waals surface area contributed by atoms with E-state index in [1.807, 2.05) is 0 Å². The Morgan fingerprint density at radius 1 is 0.644 bits per heavy atom. The van der Waals surface area contributed by atoms with Gasteiger partial charge in [0.15, 0.2) is 5.78 Å². The molecule has 3 aliphatic carbocycles. The molecule has 0 saturated heterocycles. The van der Waals surface area contributed by atoms with Gasteiger partial charge in [-0.05, 0) is 76.2 Å². The Labute approximate surface area is 278 Å². The van der Waals surface area contributed by atoms with Gasteiger partial charge in [-0.1, -0.05) is 124 Å². The molecular weight excluding hydrogens is 560 g/mol. The standard InChI is InChI=1S/C15H28O2.C15H26O.C10H18O.H2O/c1-3-5-7-8-12-10-11-13(15(12)17)14(16)9-6-4-2;1-3-5-7-9-13-11-12-14(15(13)16)10-8-6-4-2;1-2-3-4-6-9-7-5-8-10(9)11;/h12-14,16H,3-11H2,1-2H3;9,14H,3-8,10-12H2,1-2H3;9H,2-8H2,1H3;1H2/p-1. The zero-order valence-electron chi connectivity index (χ0n) is 30.3. The van der Waals surface area contributed by atoms with Gasteiger partial charge < -0.3 is 10.6 Å². The second-order valence-corrected chi connectivity index (χ2v) is 14.0. The Hall–Kier alpha value is -1.33. The summed E-state index contributed by atoms with van der Waals surface area (Å²) < 4.78 is 0. The van der Waals surface area contributed by atoms with Crippen molar-refractivity contribution < 1.29 is 25.0 Å². The summed E-state index contributed by atoms with van der Waals surface area (Å²) in [5.74, 6) is 2.36. The first-order valence-corrected chi connectivity index (χ1v) is 19.3. The lowest BCUT2D eigenvalue weighted by atomic mass is 9.92. The van der Waals surface area contributed by atoms with E-state index in [9.17, 15) is 19.5 Å². The average Bonchev–Trinajstić information content (AvgIpc) is 3.71. The number of carbonyl (C=O) groups is 3. The minimum atomic E-state index is -0.376. The lowest BCUT2D eigenvalue weighted by Gasteiger charge is -2.17. The number of allylic oxidation sites excluding steroid dienone is 2. The van der Waals surface area contributed by atoms with Gasteiger partial charge in [-0.15, -0.1) is 0 Å². The summed E-state index contributed by atoms with van der Waals surface area (Å²) in [4.78, 5) is 35.3. The Bertz CT molecular complexity index is 803. The molecule has 0 aliphatic heterocycles. The molecule has 0 radical (unpaired) electrons. The number of Topliss-reactive ketones (excluding diaryl/α,β-unsaturated/α-hetero) is 3. The number of rotatable bonds is 19. The maximum Gasteiger partial charge on any atom is 0.161 e. The van der Waals surface area contributed by atoms with Gasteiger partial charge in [0.2, 0.25) is 0 Å². The third-order valence-corrected chi connectivity index (χ3v) is 10.2. The van der Waals surface area contributed by atoms with E-state index in [4.69, 9.17) is 0 Å². The van der Waals surface area contributed by atoms with Crippen LogP contribution in [0.5, 0.6) is 0 Å². The summed E-state index contributed by atoms with van der Waals surface area (Å²) in [5, 5.41) is 10.0. The molecule has 5 heteroatoms. The van der Waals surface area contributed by atoms with Crippen molar-refractivity contribution in [1.29, 1.82) is 0 Å². The van der Waals surface area contributed by atoms with E-state index >= 15 is 0 Å². The Kier molecular flexibility index (Phi) is 26.9. The second-order valence-electron chi connectivity index (χ2n) is 14.0. The van der Waals surface area contributed by atoms with Crippen molar-refractivity contribution in [3.63, 3.8) is 0 Å². The van der Waals surface area contributed by atoms with Crippen molar-refractivity contribution >= 4 is 17.3 Å². The van der Waals surface area contributed by atoms with Crippen LogP contribution < -0.4 is 0 Å². The third-order valence-electron chi connectivity index (χ3n) is 10.2. The zero-order valence-corrected chi connectivity index (χ0v) is 30.3. The van der Waals surface area contributed by atoms with E-state index in [0.29, 0.717) is 29.2 Å². The van der Waals surface area contributed by atoms with Crippen molar-refractivity contribution in [3.8, 4) is 0 Å². The number of ketones is 3. The van der Waals surface area contributed by atoms with Crippen LogP contribution in [0.15, 0.2) is 11.6 Å². The van der Waals surface area contributed by atoms with Crippen molar-refractivity contribution in [2.24, 2.45) is 23.7 Å². The Morgan fingerprint density at radius 3 is 1.73 bits per heavy atom. The Balaban J connectivity index is 0.000000652. The van der Waals surface area contributed by atoms with Gasteiger partial charge in [0.1, 0.15) is 11.6 Å². The second kappa shape index (κ2) is 27.8. The van der Waals surface area contributed by atoms with Crippen molar-refractivity contribution in [3.05, 3.63) is 11.6 Å². The highest BCUT2D eigenvalue weighted by atomic mass is 16.3. The number of aliphatic hydroxyl groups is 1. The fourth-order valence-corrected chi connectivity index (χ4v) is 7.17. The van der Waals surface area contributed by atoms with Crippen LogP contribution in [0.1, 0.15) is 195 Å². The summed E-state index contributed by atoms with van der Waals surface area (Å²) in [6.07, 6.45) is 30.1. The van der Waals surface area contributed by atoms with E-state index < -0.39 is 0 Å². The van der Waals surface area contributed by atoms with Crippen LogP contribution in [-0.2, 0) is 14.4 Å². The molecule has 3 rings (SSSR count). The largest absolute Gasteiger partial charge is 0.870 e. The maximum absolute atomic E-state index is 12.1. The molecule has 0 aromatic rings. The van der Waals surface area contributed by atoms with E-state index in [1.165, 1.54) is 77.0 Å². The van der Waals surface area contributed by atoms with Crippen LogP contribution in [0, 0.1) is 23.7 Å². The van der Waals surface area contributed by atoms with Crippen LogP contribution in [0.3, 0.4) is 0 Å². The van der Waals surface area contributed by atoms with Crippen LogP contribution in [0.4, 0.5) is 0 Å². The minimum Gasteiger partial charge on any atom is -0.870 e. The van der Waals surface area contributed by atoms with Gasteiger partial charge >= 0.3 is 0 Å². The molecule has 5 nitrogen and oxygen atoms in total. The van der Waals surface area contributed by atoms with Crippen LogP contribution in [-0.4, -0.2) is 34.0 Å². The molecule has 0 bridgehead atoms. The number of carbonyl (C=O) groups excluding carboxylic acids is 3. The summed E-state index contributed by atoms with van der Waals surface area (Å²) in [6.45, 7) is 10.9. The van der Waals surface area contributed by atoms with Gasteiger partial charge in [-0.25, -0.2) is 0 Å². The summed E-state index contributed by atoms with van der Waals surface area (Å²) >= 11 is 0. The fraction of sp³-hybridized carbons (Fsp3) is 0.875. The molecule has 0 spiro atoms. The quantitative estimate of drug-likeness (QED) is 0.113. The van der Waals surface area contributed by atoms with Crippen molar-refractivity contribution in [2.75, 3.05) is 0 Å². The summed E-state index contributed by atoms with van der Waals surface area (Å²) in [6, 6.07) is 0. The normalized spacial score (nSPS) is 24.2. The molecule has 3 saturated carbocycles. The number of hydrogen-bond donors (Lipinski definition) is 1. The fourth-order valence-electron chi connectivity index (χ4n) is 7.17. The van der Waals surface area contributed by atoms with Gasteiger partial charge in [-0.3, -0.25) is 14.4 Å². The first kappa shape index (κ1) is 43.7. The molecule has 0 heterocycles. The molecule has 3 aliphatic rings. The predicted molar refractivity (Wildman–Crippen MR) is 189 cm³/mol. The molecule has 5 atom stereocenters. The Morgan fingerprint density at radius 2 is 1.20 bits per heavy atom. The topological polar surface area (TPSA) is 101 Å². The van der Waals surface area contributed by atoms with E-state index in [1.54, 1.807) is 0 Å². The zero-order chi connectivity index (χ0) is 32.6. The summed E-state index contributed by atoms with van der Waals surface area (Å²) in [5.41, 5.74) is 1.13. The van der Waals surface area contributed by atoms with Gasteiger partial charge in [0.25, 0.3) is 0 Å². The highest BCUT2D eigenvalue weighted by Crippen LogP contribution is 2.34. The molecule has 45 heavy (non-hydrogen) atoms. The monoisotopic (exact) mass is 634 g/mol. The highest BCUT2D eigenvalue weighted by Gasteiger charge is 2.37. The third kappa shape index (κ3) is 18.0. The van der Waals surface area contributed by atoms with Gasteiger partial charge in [0, 0.05) is 30.1 Å². The highest BCUT2D eigenvalue weighted by molar-refractivity contribution is 5.99. The molecule has 0 aromatic carbocycles.